The molecule has 1 aliphatic heterocycles. The predicted molar refractivity (Wildman–Crippen MR) is 60.9 cm³/mol. The van der Waals surface area contributed by atoms with Crippen LogP contribution < -0.4 is 5.32 Å². The van der Waals surface area contributed by atoms with Crippen LogP contribution >= 0.6 is 15.9 Å². The second-order valence-electron chi connectivity index (χ2n) is 3.38. The number of nitrogens with zero attached hydrogens (tertiary/aromatic N) is 1. The zero-order chi connectivity index (χ0) is 11.0. The summed E-state index contributed by atoms with van der Waals surface area (Å²) < 4.78 is 0.906. The highest BCUT2D eigenvalue weighted by Crippen LogP contribution is 2.29. The second-order valence-corrected chi connectivity index (χ2v) is 4.23. The number of hydrogen-bond acceptors (Lipinski definition) is 2. The molecule has 0 radical (unpaired) electrons. The van der Waals surface area contributed by atoms with Crippen molar-refractivity contribution < 1.29 is 4.79 Å². The van der Waals surface area contributed by atoms with Crippen LogP contribution in [0, 0.1) is 5.41 Å². The number of rotatable bonds is 1. The minimum absolute atomic E-state index is 0.217. The van der Waals surface area contributed by atoms with Gasteiger partial charge in [-0.25, -0.2) is 4.79 Å². The number of urea groups is 1. The van der Waals surface area contributed by atoms with Crippen molar-refractivity contribution >= 4 is 27.8 Å². The number of benzene rings is 1. The molecule has 0 aliphatic carbocycles. The standard InChI is InChI=1S/C10H10BrN3O/c1-14-8(9(12)13-10(14)15)6-4-2-3-5-7(6)11/h2-5,8H,1H3,(H2,12,13,15). The van der Waals surface area contributed by atoms with Crippen LogP contribution in [0.2, 0.25) is 0 Å². The molecule has 2 amide bonds. The molecule has 1 unspecified atom stereocenters. The maximum Gasteiger partial charge on any atom is 0.323 e. The summed E-state index contributed by atoms with van der Waals surface area (Å²) in [5.41, 5.74) is 0.920. The van der Waals surface area contributed by atoms with E-state index in [1.165, 1.54) is 4.90 Å². The summed E-state index contributed by atoms with van der Waals surface area (Å²) in [7, 11) is 1.68. The molecule has 4 nitrogen and oxygen atoms in total. The molecular weight excluding hydrogens is 258 g/mol. The summed E-state index contributed by atoms with van der Waals surface area (Å²) >= 11 is 3.42. The Labute approximate surface area is 95.9 Å². The monoisotopic (exact) mass is 267 g/mol. The third kappa shape index (κ3) is 1.63. The summed E-state index contributed by atoms with van der Waals surface area (Å²) in [5, 5.41) is 10.2. The lowest BCUT2D eigenvalue weighted by Gasteiger charge is -2.18. The van der Waals surface area contributed by atoms with Crippen LogP contribution in [-0.2, 0) is 0 Å². The summed E-state index contributed by atoms with van der Waals surface area (Å²) in [4.78, 5) is 12.9. The molecule has 0 bridgehead atoms. The Hall–Kier alpha value is -1.36. The van der Waals surface area contributed by atoms with Crippen LogP contribution in [0.5, 0.6) is 0 Å². The van der Waals surface area contributed by atoms with Gasteiger partial charge in [0.25, 0.3) is 0 Å². The minimum atomic E-state index is -0.312. The van der Waals surface area contributed by atoms with E-state index in [2.05, 4.69) is 21.2 Å². The van der Waals surface area contributed by atoms with Crippen molar-refractivity contribution in [3.63, 3.8) is 0 Å². The normalized spacial score (nSPS) is 20.7. The Balaban J connectivity index is 2.43. The number of amidine groups is 1. The fourth-order valence-electron chi connectivity index (χ4n) is 1.64. The fourth-order valence-corrected chi connectivity index (χ4v) is 2.15. The number of likely N-dealkylation sites (N-methyl/N-ethyl adjacent to an activating group) is 1. The van der Waals surface area contributed by atoms with E-state index in [9.17, 15) is 4.79 Å². The number of halogens is 1. The van der Waals surface area contributed by atoms with Gasteiger partial charge in [0.05, 0.1) is 0 Å². The zero-order valence-electron chi connectivity index (χ0n) is 8.12. The topological polar surface area (TPSA) is 56.2 Å². The van der Waals surface area contributed by atoms with Crippen molar-refractivity contribution in [2.24, 2.45) is 0 Å². The third-order valence-electron chi connectivity index (χ3n) is 2.42. The molecule has 1 atom stereocenters. The smallest absolute Gasteiger partial charge is 0.313 e. The zero-order valence-corrected chi connectivity index (χ0v) is 9.71. The highest BCUT2D eigenvalue weighted by molar-refractivity contribution is 9.10. The van der Waals surface area contributed by atoms with Crippen LogP contribution in [0.4, 0.5) is 4.79 Å². The fraction of sp³-hybridized carbons (Fsp3) is 0.200. The first kappa shape index (κ1) is 10.2. The Morgan fingerprint density at radius 2 is 2.13 bits per heavy atom. The highest BCUT2D eigenvalue weighted by Gasteiger charge is 2.34. The van der Waals surface area contributed by atoms with E-state index in [0.717, 1.165) is 10.0 Å². The van der Waals surface area contributed by atoms with Gasteiger partial charge in [0.1, 0.15) is 11.9 Å². The van der Waals surface area contributed by atoms with Gasteiger partial charge in [0.15, 0.2) is 0 Å². The number of carbonyl (C=O) groups is 1. The summed E-state index contributed by atoms with van der Waals surface area (Å²) in [6.07, 6.45) is 0. The lowest BCUT2D eigenvalue weighted by Crippen LogP contribution is -2.25. The molecule has 1 heterocycles. The molecule has 1 saturated heterocycles. The van der Waals surface area contributed by atoms with Crippen LogP contribution in [0.1, 0.15) is 11.6 Å². The molecule has 15 heavy (non-hydrogen) atoms. The number of hydrogen-bond donors (Lipinski definition) is 2. The summed E-state index contributed by atoms with van der Waals surface area (Å²) in [6.45, 7) is 0. The molecule has 2 rings (SSSR count). The Morgan fingerprint density at radius 3 is 2.67 bits per heavy atom. The average molecular weight is 268 g/mol. The van der Waals surface area contributed by atoms with E-state index in [1.807, 2.05) is 24.3 Å². The van der Waals surface area contributed by atoms with Crippen molar-refractivity contribution in [2.75, 3.05) is 7.05 Å². The predicted octanol–water partition coefficient (Wildman–Crippen LogP) is 2.12. The third-order valence-corrected chi connectivity index (χ3v) is 3.14. The van der Waals surface area contributed by atoms with E-state index in [1.54, 1.807) is 7.05 Å². The molecule has 2 N–H and O–H groups in total. The van der Waals surface area contributed by atoms with E-state index in [4.69, 9.17) is 5.41 Å². The van der Waals surface area contributed by atoms with E-state index >= 15 is 0 Å². The first-order valence-electron chi connectivity index (χ1n) is 4.48. The SMILES string of the molecule is CN1C(=O)NC(=N)C1c1ccccc1Br. The Morgan fingerprint density at radius 1 is 1.47 bits per heavy atom. The van der Waals surface area contributed by atoms with Gasteiger partial charge in [0.2, 0.25) is 0 Å². The molecule has 0 saturated carbocycles. The van der Waals surface area contributed by atoms with E-state index in [0.29, 0.717) is 0 Å². The molecule has 1 aliphatic rings. The lowest BCUT2D eigenvalue weighted by molar-refractivity contribution is 0.217. The van der Waals surface area contributed by atoms with Crippen LogP contribution in [0.15, 0.2) is 28.7 Å². The van der Waals surface area contributed by atoms with Crippen LogP contribution in [-0.4, -0.2) is 23.8 Å². The largest absolute Gasteiger partial charge is 0.323 e. The minimum Gasteiger partial charge on any atom is -0.313 e. The number of carbonyl (C=O) groups excluding carboxylic acids is 1. The molecule has 1 aromatic rings. The maximum absolute atomic E-state index is 11.3. The number of nitrogens with one attached hydrogen (secondary N) is 2. The van der Waals surface area contributed by atoms with Crippen molar-refractivity contribution in [3.05, 3.63) is 34.3 Å². The first-order valence-corrected chi connectivity index (χ1v) is 5.27. The molecule has 5 heteroatoms. The van der Waals surface area contributed by atoms with E-state index < -0.39 is 0 Å². The molecule has 1 fully saturated rings. The van der Waals surface area contributed by atoms with Gasteiger partial charge >= 0.3 is 6.03 Å². The maximum atomic E-state index is 11.3. The number of amides is 2. The van der Waals surface area contributed by atoms with E-state index in [-0.39, 0.29) is 17.9 Å². The van der Waals surface area contributed by atoms with Gasteiger partial charge in [-0.05, 0) is 11.6 Å². The Bertz CT molecular complexity index is 432. The van der Waals surface area contributed by atoms with Gasteiger partial charge in [-0.15, -0.1) is 0 Å². The average Bonchev–Trinajstić information content (AvgIpc) is 2.43. The van der Waals surface area contributed by atoms with Gasteiger partial charge in [-0.3, -0.25) is 10.7 Å². The van der Waals surface area contributed by atoms with Gasteiger partial charge in [0, 0.05) is 11.5 Å². The molecule has 0 spiro atoms. The van der Waals surface area contributed by atoms with Crippen LogP contribution in [0.3, 0.4) is 0 Å². The second kappa shape index (κ2) is 3.66. The summed E-state index contributed by atoms with van der Waals surface area (Å²) in [6, 6.07) is 7.05. The highest BCUT2D eigenvalue weighted by atomic mass is 79.9. The quantitative estimate of drug-likeness (QED) is 0.805. The van der Waals surface area contributed by atoms with Crippen LogP contribution in [0.25, 0.3) is 0 Å². The lowest BCUT2D eigenvalue weighted by atomic mass is 10.1. The van der Waals surface area contributed by atoms with Gasteiger partial charge < -0.3 is 4.90 Å². The van der Waals surface area contributed by atoms with Gasteiger partial charge in [-0.1, -0.05) is 34.1 Å². The molecule has 78 valence electrons. The van der Waals surface area contributed by atoms with Crippen molar-refractivity contribution in [1.29, 1.82) is 5.41 Å². The molecule has 0 aromatic heterocycles. The van der Waals surface area contributed by atoms with Gasteiger partial charge in [-0.2, -0.15) is 0 Å². The molecular formula is C10H10BrN3O. The van der Waals surface area contributed by atoms with Crippen molar-refractivity contribution in [2.45, 2.75) is 6.04 Å². The van der Waals surface area contributed by atoms with Crippen molar-refractivity contribution in [3.8, 4) is 0 Å². The first-order chi connectivity index (χ1) is 7.11. The van der Waals surface area contributed by atoms with Crippen molar-refractivity contribution in [1.82, 2.24) is 10.2 Å². The Kier molecular flexibility index (Phi) is 2.48. The molecule has 1 aromatic carbocycles. The summed E-state index contributed by atoms with van der Waals surface area (Å²) in [5.74, 6) is 0.217.